The number of hydrogen-bond donors (Lipinski definition) is 1. The molecule has 0 bridgehead atoms. The molecule has 1 N–H and O–H groups in total. The lowest BCUT2D eigenvalue weighted by molar-refractivity contribution is 0.0527. The van der Waals surface area contributed by atoms with Crippen molar-refractivity contribution in [2.24, 2.45) is 0 Å². The van der Waals surface area contributed by atoms with Crippen molar-refractivity contribution < 1.29 is 14.3 Å². The molecule has 0 aliphatic carbocycles. The smallest absolute Gasteiger partial charge is 0.339 e. The Morgan fingerprint density at radius 2 is 1.88 bits per heavy atom. The van der Waals surface area contributed by atoms with E-state index in [1.165, 1.54) is 28.3 Å². The number of ether oxygens (including phenoxy) is 1. The van der Waals surface area contributed by atoms with E-state index >= 15 is 0 Å². The van der Waals surface area contributed by atoms with Gasteiger partial charge in [-0.15, -0.1) is 11.3 Å². The molecular formula is C25H21N3O4S. The van der Waals surface area contributed by atoms with Gasteiger partial charge in [-0.05, 0) is 37.1 Å². The fourth-order valence-electron chi connectivity index (χ4n) is 3.34. The van der Waals surface area contributed by atoms with Crippen molar-refractivity contribution in [2.75, 3.05) is 11.9 Å². The lowest BCUT2D eigenvalue weighted by Gasteiger charge is -2.10. The van der Waals surface area contributed by atoms with Crippen LogP contribution in [0.25, 0.3) is 16.8 Å². The average molecular weight is 460 g/mol. The monoisotopic (exact) mass is 459 g/mol. The van der Waals surface area contributed by atoms with E-state index in [4.69, 9.17) is 4.74 Å². The largest absolute Gasteiger partial charge is 0.462 e. The summed E-state index contributed by atoms with van der Waals surface area (Å²) in [5.41, 5.74) is 2.65. The summed E-state index contributed by atoms with van der Waals surface area (Å²) in [4.78, 5) is 38.0. The van der Waals surface area contributed by atoms with Crippen molar-refractivity contribution in [3.8, 4) is 16.8 Å². The first kappa shape index (κ1) is 22.2. The van der Waals surface area contributed by atoms with Gasteiger partial charge in [0.1, 0.15) is 5.00 Å². The first-order valence-corrected chi connectivity index (χ1v) is 11.2. The SMILES string of the molecule is CCOC(=O)c1csc(NC(=O)c2nn(-c3cccc(C)c3)ccc2=O)c1-c1ccccc1. The topological polar surface area (TPSA) is 90.3 Å². The standard InChI is InChI=1S/C25H21N3O4S/c1-3-32-25(31)19-15-33-24(21(19)17-9-5-4-6-10-17)26-23(30)22-20(29)12-13-28(27-22)18-11-7-8-16(2)14-18/h4-15H,3H2,1-2H3,(H,26,30). The number of nitrogens with zero attached hydrogens (tertiary/aromatic N) is 2. The third-order valence-corrected chi connectivity index (χ3v) is 5.76. The van der Waals surface area contributed by atoms with E-state index in [0.717, 1.165) is 16.8 Å². The Bertz CT molecular complexity index is 1380. The van der Waals surface area contributed by atoms with Crippen LogP contribution in [0.1, 0.15) is 33.3 Å². The molecule has 0 fully saturated rings. The number of hydrogen-bond acceptors (Lipinski definition) is 6. The van der Waals surface area contributed by atoms with Crippen LogP contribution in [0.2, 0.25) is 0 Å². The van der Waals surface area contributed by atoms with Gasteiger partial charge in [0.25, 0.3) is 5.91 Å². The molecule has 7 nitrogen and oxygen atoms in total. The van der Waals surface area contributed by atoms with Crippen LogP contribution >= 0.6 is 11.3 Å². The molecule has 0 aliphatic heterocycles. The van der Waals surface area contributed by atoms with Crippen LogP contribution in [0.4, 0.5) is 5.00 Å². The van der Waals surface area contributed by atoms with Crippen LogP contribution in [-0.4, -0.2) is 28.3 Å². The van der Waals surface area contributed by atoms with Crippen molar-refractivity contribution in [1.82, 2.24) is 9.78 Å². The lowest BCUT2D eigenvalue weighted by atomic mass is 10.0. The Hall–Kier alpha value is -4.04. The maximum absolute atomic E-state index is 13.1. The van der Waals surface area contributed by atoms with Gasteiger partial charge in [-0.3, -0.25) is 9.59 Å². The van der Waals surface area contributed by atoms with Crippen LogP contribution in [0.5, 0.6) is 0 Å². The lowest BCUT2D eigenvalue weighted by Crippen LogP contribution is -2.25. The van der Waals surface area contributed by atoms with Gasteiger partial charge >= 0.3 is 5.97 Å². The minimum atomic E-state index is -0.656. The average Bonchev–Trinajstić information content (AvgIpc) is 3.23. The normalized spacial score (nSPS) is 10.6. The molecule has 0 aliphatic rings. The highest BCUT2D eigenvalue weighted by Gasteiger charge is 2.23. The number of carbonyl (C=O) groups is 2. The minimum absolute atomic E-state index is 0.233. The maximum atomic E-state index is 13.1. The molecule has 0 spiro atoms. The third kappa shape index (κ3) is 4.75. The number of anilines is 1. The summed E-state index contributed by atoms with van der Waals surface area (Å²) in [7, 11) is 0. The van der Waals surface area contributed by atoms with Gasteiger partial charge in [0.15, 0.2) is 5.69 Å². The van der Waals surface area contributed by atoms with Gasteiger partial charge in [-0.25, -0.2) is 9.48 Å². The van der Waals surface area contributed by atoms with Crippen LogP contribution in [0.15, 0.2) is 77.0 Å². The van der Waals surface area contributed by atoms with Crippen LogP contribution < -0.4 is 10.7 Å². The molecule has 4 rings (SSSR count). The Morgan fingerprint density at radius 1 is 1.09 bits per heavy atom. The second-order valence-electron chi connectivity index (χ2n) is 7.21. The number of amides is 1. The van der Waals surface area contributed by atoms with E-state index in [9.17, 15) is 14.4 Å². The van der Waals surface area contributed by atoms with Gasteiger partial charge in [0.2, 0.25) is 5.43 Å². The molecule has 0 unspecified atom stereocenters. The summed E-state index contributed by atoms with van der Waals surface area (Å²) in [6.45, 7) is 3.91. The number of carbonyl (C=O) groups excluding carboxylic acids is 2. The van der Waals surface area contributed by atoms with Gasteiger partial charge in [0, 0.05) is 23.2 Å². The number of thiophene rings is 1. The molecule has 2 heterocycles. The van der Waals surface area contributed by atoms with E-state index in [1.807, 2.05) is 61.5 Å². The Kier molecular flexibility index (Phi) is 6.46. The quantitative estimate of drug-likeness (QED) is 0.422. The molecular weight excluding hydrogens is 438 g/mol. The summed E-state index contributed by atoms with van der Waals surface area (Å²) in [5, 5.41) is 9.10. The molecule has 0 saturated carbocycles. The summed E-state index contributed by atoms with van der Waals surface area (Å²) < 4.78 is 6.66. The molecule has 2 aromatic carbocycles. The van der Waals surface area contributed by atoms with Crippen LogP contribution in [0.3, 0.4) is 0 Å². The van der Waals surface area contributed by atoms with E-state index in [2.05, 4.69) is 10.4 Å². The first-order chi connectivity index (χ1) is 16.0. The van der Waals surface area contributed by atoms with Gasteiger partial charge in [-0.1, -0.05) is 42.5 Å². The number of esters is 1. The van der Waals surface area contributed by atoms with Crippen LogP contribution in [-0.2, 0) is 4.74 Å². The Labute approximate surface area is 194 Å². The predicted octanol–water partition coefficient (Wildman–Crippen LogP) is 4.70. The third-order valence-electron chi connectivity index (χ3n) is 4.87. The Morgan fingerprint density at radius 3 is 2.61 bits per heavy atom. The first-order valence-electron chi connectivity index (χ1n) is 10.3. The summed E-state index contributed by atoms with van der Waals surface area (Å²) >= 11 is 1.19. The van der Waals surface area contributed by atoms with Crippen molar-refractivity contribution in [1.29, 1.82) is 0 Å². The number of aryl methyl sites for hydroxylation is 1. The number of aromatic nitrogens is 2. The fourth-order valence-corrected chi connectivity index (χ4v) is 4.29. The number of rotatable bonds is 6. The summed E-state index contributed by atoms with van der Waals surface area (Å²) in [6.07, 6.45) is 1.52. The zero-order valence-electron chi connectivity index (χ0n) is 18.1. The highest BCUT2D eigenvalue weighted by Crippen LogP contribution is 2.38. The van der Waals surface area contributed by atoms with Crippen LogP contribution in [0, 0.1) is 6.92 Å². The predicted molar refractivity (Wildman–Crippen MR) is 128 cm³/mol. The van der Waals surface area contributed by atoms with E-state index < -0.39 is 17.3 Å². The summed E-state index contributed by atoms with van der Waals surface area (Å²) in [6, 6.07) is 18.1. The molecule has 0 radical (unpaired) electrons. The molecule has 0 atom stereocenters. The van der Waals surface area contributed by atoms with Crippen molar-refractivity contribution in [2.45, 2.75) is 13.8 Å². The minimum Gasteiger partial charge on any atom is -0.462 e. The number of benzene rings is 2. The van der Waals surface area contributed by atoms with Gasteiger partial charge < -0.3 is 10.1 Å². The molecule has 166 valence electrons. The zero-order valence-corrected chi connectivity index (χ0v) is 18.9. The van der Waals surface area contributed by atoms with Crippen molar-refractivity contribution in [3.05, 3.63) is 99.3 Å². The van der Waals surface area contributed by atoms with Crippen molar-refractivity contribution in [3.63, 3.8) is 0 Å². The highest BCUT2D eigenvalue weighted by molar-refractivity contribution is 7.15. The summed E-state index contributed by atoms with van der Waals surface area (Å²) in [5.74, 6) is -1.14. The second kappa shape index (κ2) is 9.62. The molecule has 1 amide bonds. The van der Waals surface area contributed by atoms with Gasteiger partial charge in [-0.2, -0.15) is 5.10 Å². The number of nitrogens with one attached hydrogen (secondary N) is 1. The molecule has 0 saturated heterocycles. The Balaban J connectivity index is 1.72. The van der Waals surface area contributed by atoms with Crippen molar-refractivity contribution >= 4 is 28.2 Å². The van der Waals surface area contributed by atoms with Gasteiger partial charge in [0.05, 0.1) is 17.9 Å². The van der Waals surface area contributed by atoms with E-state index in [1.54, 1.807) is 12.3 Å². The zero-order chi connectivity index (χ0) is 23.4. The van der Waals surface area contributed by atoms with E-state index in [0.29, 0.717) is 16.1 Å². The molecule has 4 aromatic rings. The fraction of sp³-hybridized carbons (Fsp3) is 0.120. The molecule has 2 aromatic heterocycles. The molecule has 8 heteroatoms. The molecule has 33 heavy (non-hydrogen) atoms. The van der Waals surface area contributed by atoms with E-state index in [-0.39, 0.29) is 12.3 Å². The maximum Gasteiger partial charge on any atom is 0.339 e. The second-order valence-corrected chi connectivity index (χ2v) is 8.09. The highest BCUT2D eigenvalue weighted by atomic mass is 32.1.